The summed E-state index contributed by atoms with van der Waals surface area (Å²) in [5.41, 5.74) is 2.76. The van der Waals surface area contributed by atoms with Gasteiger partial charge in [-0.15, -0.1) is 0 Å². The number of amides is 2. The van der Waals surface area contributed by atoms with E-state index < -0.39 is 0 Å². The Hall–Kier alpha value is -2.83. The van der Waals surface area contributed by atoms with Crippen LogP contribution in [0.5, 0.6) is 0 Å². The number of benzene rings is 1. The quantitative estimate of drug-likeness (QED) is 0.823. The predicted octanol–water partition coefficient (Wildman–Crippen LogP) is 3.13. The van der Waals surface area contributed by atoms with Crippen molar-refractivity contribution in [3.8, 4) is 0 Å². The van der Waals surface area contributed by atoms with E-state index in [2.05, 4.69) is 29.2 Å². The van der Waals surface area contributed by atoms with Crippen LogP contribution in [0.25, 0.3) is 0 Å². The molecule has 0 unspecified atom stereocenters. The van der Waals surface area contributed by atoms with Gasteiger partial charge in [-0.3, -0.25) is 9.59 Å². The van der Waals surface area contributed by atoms with Gasteiger partial charge < -0.3 is 19.6 Å². The molecule has 1 heterocycles. The highest BCUT2D eigenvalue weighted by Crippen LogP contribution is 2.26. The number of carbonyl (C=O) groups is 2. The Balaban J connectivity index is 2.18. The lowest BCUT2D eigenvalue weighted by atomic mass is 10.1. The van der Waals surface area contributed by atoms with Crippen LogP contribution in [0.4, 0.5) is 17.2 Å². The number of aryl methyl sites for hydroxylation is 2. The smallest absolute Gasteiger partial charge is 0.245 e. The molecule has 140 valence electrons. The monoisotopic (exact) mass is 358 g/mol. The van der Waals surface area contributed by atoms with Crippen molar-refractivity contribution < 1.29 is 14.1 Å². The molecular weight excluding hydrogens is 332 g/mol. The Kier molecular flexibility index (Phi) is 6.38. The molecular formula is C19H26N4O3. The van der Waals surface area contributed by atoms with E-state index in [-0.39, 0.29) is 18.4 Å². The lowest BCUT2D eigenvalue weighted by Gasteiger charge is -2.26. The largest absolute Gasteiger partial charge is 0.372 e. The third kappa shape index (κ3) is 4.62. The molecule has 1 aromatic carbocycles. The zero-order chi connectivity index (χ0) is 19.3. The average Bonchev–Trinajstić information content (AvgIpc) is 2.99. The van der Waals surface area contributed by atoms with Gasteiger partial charge in [0.25, 0.3) is 0 Å². The number of nitrogens with one attached hydrogen (secondary N) is 1. The van der Waals surface area contributed by atoms with Crippen molar-refractivity contribution in [1.82, 2.24) is 5.16 Å². The molecule has 0 saturated carbocycles. The van der Waals surface area contributed by atoms with Gasteiger partial charge in [-0.25, -0.2) is 0 Å². The van der Waals surface area contributed by atoms with Crippen molar-refractivity contribution in [2.24, 2.45) is 0 Å². The summed E-state index contributed by atoms with van der Waals surface area (Å²) in [6.07, 6.45) is 0. The maximum Gasteiger partial charge on any atom is 0.245 e. The summed E-state index contributed by atoms with van der Waals surface area (Å²) in [4.78, 5) is 28.1. The van der Waals surface area contributed by atoms with Gasteiger partial charge in [-0.1, -0.05) is 5.16 Å². The third-order valence-electron chi connectivity index (χ3n) is 4.18. The molecule has 0 bridgehead atoms. The van der Waals surface area contributed by atoms with E-state index in [0.717, 1.165) is 30.0 Å². The number of rotatable bonds is 7. The molecule has 7 nitrogen and oxygen atoms in total. The van der Waals surface area contributed by atoms with Crippen molar-refractivity contribution in [2.75, 3.05) is 34.8 Å². The van der Waals surface area contributed by atoms with Crippen molar-refractivity contribution >= 4 is 29.0 Å². The number of carbonyl (C=O) groups excluding carboxylic acids is 2. The summed E-state index contributed by atoms with van der Waals surface area (Å²) in [6.45, 7) is 11.1. The van der Waals surface area contributed by atoms with E-state index >= 15 is 0 Å². The summed E-state index contributed by atoms with van der Waals surface area (Å²) >= 11 is 0. The first-order valence-electron chi connectivity index (χ1n) is 8.72. The Morgan fingerprint density at radius 2 is 1.85 bits per heavy atom. The molecule has 2 amide bonds. The molecule has 0 atom stereocenters. The normalized spacial score (nSPS) is 10.5. The summed E-state index contributed by atoms with van der Waals surface area (Å²) in [5, 5.41) is 6.37. The highest BCUT2D eigenvalue weighted by atomic mass is 16.5. The zero-order valence-corrected chi connectivity index (χ0v) is 16.0. The molecule has 2 rings (SSSR count). The molecule has 7 heteroatoms. The Morgan fingerprint density at radius 3 is 2.35 bits per heavy atom. The SMILES string of the molecule is CCN(CC)c1ccc(N(CC(=O)Nc2cc(C)on2)C(C)=O)c(C)c1. The fourth-order valence-electron chi connectivity index (χ4n) is 2.85. The fourth-order valence-corrected chi connectivity index (χ4v) is 2.85. The lowest BCUT2D eigenvalue weighted by Crippen LogP contribution is -2.37. The van der Waals surface area contributed by atoms with Gasteiger partial charge in [0.15, 0.2) is 5.82 Å². The molecule has 0 aliphatic rings. The molecule has 1 aromatic heterocycles. The molecule has 0 fully saturated rings. The molecule has 0 radical (unpaired) electrons. The topological polar surface area (TPSA) is 78.7 Å². The predicted molar refractivity (Wildman–Crippen MR) is 103 cm³/mol. The molecule has 0 spiro atoms. The van der Waals surface area contributed by atoms with Crippen LogP contribution in [-0.2, 0) is 9.59 Å². The summed E-state index contributed by atoms with van der Waals surface area (Å²) in [7, 11) is 0. The van der Waals surface area contributed by atoms with E-state index in [9.17, 15) is 9.59 Å². The van der Waals surface area contributed by atoms with Gasteiger partial charge in [0.05, 0.1) is 0 Å². The Labute approximate surface area is 153 Å². The van der Waals surface area contributed by atoms with E-state index in [0.29, 0.717) is 11.6 Å². The summed E-state index contributed by atoms with van der Waals surface area (Å²) < 4.78 is 4.93. The number of hydrogen-bond donors (Lipinski definition) is 1. The number of nitrogens with zero attached hydrogens (tertiary/aromatic N) is 3. The van der Waals surface area contributed by atoms with E-state index in [1.54, 1.807) is 13.0 Å². The molecule has 26 heavy (non-hydrogen) atoms. The number of aromatic nitrogens is 1. The molecule has 2 aromatic rings. The minimum atomic E-state index is -0.333. The zero-order valence-electron chi connectivity index (χ0n) is 16.0. The Bertz CT molecular complexity index is 781. The van der Waals surface area contributed by atoms with Crippen molar-refractivity contribution in [2.45, 2.75) is 34.6 Å². The van der Waals surface area contributed by atoms with E-state index in [1.165, 1.54) is 11.8 Å². The van der Waals surface area contributed by atoms with Crippen molar-refractivity contribution in [3.63, 3.8) is 0 Å². The van der Waals surface area contributed by atoms with Crippen LogP contribution >= 0.6 is 0 Å². The molecule has 0 saturated heterocycles. The van der Waals surface area contributed by atoms with Gasteiger partial charge in [0.2, 0.25) is 11.8 Å². The average molecular weight is 358 g/mol. The number of anilines is 3. The van der Waals surface area contributed by atoms with Crippen LogP contribution in [0.3, 0.4) is 0 Å². The summed E-state index contributed by atoms with van der Waals surface area (Å²) in [6, 6.07) is 7.53. The van der Waals surface area contributed by atoms with Crippen LogP contribution in [0.1, 0.15) is 32.1 Å². The molecule has 0 aliphatic heterocycles. The minimum Gasteiger partial charge on any atom is -0.372 e. The maximum atomic E-state index is 12.3. The minimum absolute atomic E-state index is 0.0906. The van der Waals surface area contributed by atoms with E-state index in [1.807, 2.05) is 25.1 Å². The second-order valence-corrected chi connectivity index (χ2v) is 6.12. The Morgan fingerprint density at radius 1 is 1.15 bits per heavy atom. The first kappa shape index (κ1) is 19.5. The van der Waals surface area contributed by atoms with Crippen LogP contribution in [0.15, 0.2) is 28.8 Å². The first-order valence-corrected chi connectivity index (χ1v) is 8.72. The fraction of sp³-hybridized carbons (Fsp3) is 0.421. The summed E-state index contributed by atoms with van der Waals surface area (Å²) in [5.74, 6) is 0.409. The lowest BCUT2D eigenvalue weighted by molar-refractivity contribution is -0.120. The van der Waals surface area contributed by atoms with Crippen LogP contribution < -0.4 is 15.1 Å². The number of hydrogen-bond acceptors (Lipinski definition) is 5. The second-order valence-electron chi connectivity index (χ2n) is 6.12. The van der Waals surface area contributed by atoms with Crippen LogP contribution in [0.2, 0.25) is 0 Å². The van der Waals surface area contributed by atoms with Gasteiger partial charge in [-0.2, -0.15) is 0 Å². The highest BCUT2D eigenvalue weighted by Gasteiger charge is 2.19. The third-order valence-corrected chi connectivity index (χ3v) is 4.18. The van der Waals surface area contributed by atoms with Crippen LogP contribution in [-0.4, -0.2) is 36.6 Å². The maximum absolute atomic E-state index is 12.3. The van der Waals surface area contributed by atoms with E-state index in [4.69, 9.17) is 4.52 Å². The molecule has 1 N–H and O–H groups in total. The van der Waals surface area contributed by atoms with Crippen molar-refractivity contribution in [1.29, 1.82) is 0 Å². The van der Waals surface area contributed by atoms with Crippen molar-refractivity contribution in [3.05, 3.63) is 35.6 Å². The first-order chi connectivity index (χ1) is 12.3. The highest BCUT2D eigenvalue weighted by molar-refractivity contribution is 6.02. The van der Waals surface area contributed by atoms with Crippen LogP contribution in [0, 0.1) is 13.8 Å². The standard InChI is InChI=1S/C19H26N4O3/c1-6-22(7-2)16-8-9-17(13(3)10-16)23(15(5)24)12-19(25)20-18-11-14(4)26-21-18/h8-11H,6-7,12H2,1-5H3,(H,20,21,25). The van der Waals surface area contributed by atoms with Gasteiger partial charge >= 0.3 is 0 Å². The van der Waals surface area contributed by atoms with Gasteiger partial charge in [0.1, 0.15) is 12.3 Å². The second kappa shape index (κ2) is 8.51. The molecule has 0 aliphatic carbocycles. The van der Waals surface area contributed by atoms with Gasteiger partial charge in [0, 0.05) is 37.5 Å². The van der Waals surface area contributed by atoms with Gasteiger partial charge in [-0.05, 0) is 51.5 Å².